The van der Waals surface area contributed by atoms with Gasteiger partial charge in [-0.15, -0.1) is 0 Å². The topological polar surface area (TPSA) is 143 Å². The average molecular weight is 378 g/mol. The summed E-state index contributed by atoms with van der Waals surface area (Å²) in [4.78, 5) is 37.7. The van der Waals surface area contributed by atoms with Gasteiger partial charge < -0.3 is 25.6 Å². The Balaban J connectivity index is 2.01. The van der Waals surface area contributed by atoms with Gasteiger partial charge in [-0.05, 0) is 25.1 Å². The number of carbonyl (C=O) groups excluding carboxylic acids is 3. The van der Waals surface area contributed by atoms with Crippen molar-refractivity contribution in [3.63, 3.8) is 0 Å². The molecule has 0 radical (unpaired) electrons. The molecule has 0 unspecified atom stereocenters. The first-order valence-electron chi connectivity index (χ1n) is 8.22. The number of hydrogen-bond donors (Lipinski definition) is 4. The molecule has 1 aromatic heterocycles. The van der Waals surface area contributed by atoms with Crippen LogP contribution >= 0.6 is 0 Å². The molecule has 140 valence electrons. The molecular formula is C20H14N2O6. The van der Waals surface area contributed by atoms with Gasteiger partial charge in [0.1, 0.15) is 0 Å². The molecular weight excluding hydrogens is 364 g/mol. The van der Waals surface area contributed by atoms with Crippen molar-refractivity contribution in [3.05, 3.63) is 70.0 Å². The molecule has 0 spiro atoms. The van der Waals surface area contributed by atoms with E-state index in [2.05, 4.69) is 0 Å². The molecule has 1 aliphatic carbocycles. The maximum absolute atomic E-state index is 13.0. The number of phenolic OH excluding ortho intramolecular Hbond substituents is 3. The number of amides is 1. The van der Waals surface area contributed by atoms with E-state index in [0.29, 0.717) is 11.4 Å². The summed E-state index contributed by atoms with van der Waals surface area (Å²) in [5.41, 5.74) is 5.88. The fourth-order valence-corrected chi connectivity index (χ4v) is 3.53. The number of phenols is 3. The van der Waals surface area contributed by atoms with Gasteiger partial charge in [0, 0.05) is 17.5 Å². The van der Waals surface area contributed by atoms with Crippen LogP contribution in [0.2, 0.25) is 0 Å². The van der Waals surface area contributed by atoms with Crippen LogP contribution < -0.4 is 5.73 Å². The number of carbonyl (C=O) groups is 3. The number of nitrogens with zero attached hydrogens (tertiary/aromatic N) is 1. The number of nitrogens with two attached hydrogens (primary N) is 1. The van der Waals surface area contributed by atoms with Crippen molar-refractivity contribution in [3.8, 4) is 22.9 Å². The van der Waals surface area contributed by atoms with Crippen LogP contribution in [-0.2, 0) is 0 Å². The van der Waals surface area contributed by atoms with Crippen molar-refractivity contribution < 1.29 is 29.7 Å². The number of benzene rings is 2. The molecule has 28 heavy (non-hydrogen) atoms. The number of aromatic nitrogens is 1. The lowest BCUT2D eigenvalue weighted by Gasteiger charge is -2.17. The molecule has 8 nitrogen and oxygen atoms in total. The van der Waals surface area contributed by atoms with E-state index in [4.69, 9.17) is 5.73 Å². The van der Waals surface area contributed by atoms with Crippen molar-refractivity contribution in [2.75, 3.05) is 0 Å². The van der Waals surface area contributed by atoms with Gasteiger partial charge in [-0.3, -0.25) is 14.4 Å². The van der Waals surface area contributed by atoms with E-state index < -0.39 is 34.7 Å². The van der Waals surface area contributed by atoms with Crippen LogP contribution in [0, 0.1) is 6.92 Å². The molecule has 3 aromatic rings. The van der Waals surface area contributed by atoms with Gasteiger partial charge in [0.2, 0.25) is 5.75 Å². The fraction of sp³-hybridized carbons (Fsp3) is 0.0500. The Morgan fingerprint density at radius 2 is 1.64 bits per heavy atom. The Hall–Kier alpha value is -4.07. The molecule has 2 aromatic carbocycles. The van der Waals surface area contributed by atoms with Crippen LogP contribution in [0.1, 0.15) is 47.9 Å². The van der Waals surface area contributed by atoms with E-state index in [0.717, 1.165) is 6.07 Å². The predicted molar refractivity (Wildman–Crippen MR) is 97.3 cm³/mol. The molecule has 1 amide bonds. The zero-order valence-corrected chi connectivity index (χ0v) is 14.6. The van der Waals surface area contributed by atoms with Crippen LogP contribution in [0.3, 0.4) is 0 Å². The number of ketones is 2. The van der Waals surface area contributed by atoms with Gasteiger partial charge >= 0.3 is 0 Å². The molecule has 0 saturated heterocycles. The van der Waals surface area contributed by atoms with Gasteiger partial charge in [-0.1, -0.05) is 12.1 Å². The van der Waals surface area contributed by atoms with Crippen molar-refractivity contribution in [2.45, 2.75) is 6.92 Å². The molecule has 1 heterocycles. The number of hydrogen-bond acceptors (Lipinski definition) is 6. The van der Waals surface area contributed by atoms with E-state index in [1.165, 1.54) is 16.8 Å². The second-order valence-electron chi connectivity index (χ2n) is 6.43. The molecule has 0 fully saturated rings. The van der Waals surface area contributed by atoms with Crippen molar-refractivity contribution in [1.29, 1.82) is 0 Å². The minimum Gasteiger partial charge on any atom is -0.504 e. The van der Waals surface area contributed by atoms with Crippen LogP contribution in [0.5, 0.6) is 17.2 Å². The first-order chi connectivity index (χ1) is 13.2. The standard InChI is InChI=1S/C20H14N2O6/c1-8-14-11(7-22(8)12-5-3-2-4-9(12)20(21)28)16(24)10-6-13(23)17(25)19(27)15(10)18(14)26/h2-7,23,25,27H,1H3,(H2,21,28). The van der Waals surface area contributed by atoms with E-state index in [1.807, 2.05) is 0 Å². The minimum absolute atomic E-state index is 0.0390. The maximum atomic E-state index is 13.0. The third-order valence-corrected chi connectivity index (χ3v) is 4.88. The van der Waals surface area contributed by atoms with Gasteiger partial charge in [0.05, 0.1) is 27.9 Å². The molecule has 0 saturated carbocycles. The summed E-state index contributed by atoms with van der Waals surface area (Å²) < 4.78 is 1.50. The first kappa shape index (κ1) is 17.3. The lowest BCUT2D eigenvalue weighted by molar-refractivity contribution is 0.0976. The Bertz CT molecular complexity index is 1220. The van der Waals surface area contributed by atoms with Gasteiger partial charge in [-0.2, -0.15) is 0 Å². The normalized spacial score (nSPS) is 12.6. The highest BCUT2D eigenvalue weighted by Crippen LogP contribution is 2.44. The Morgan fingerprint density at radius 1 is 0.964 bits per heavy atom. The lowest BCUT2D eigenvalue weighted by atomic mass is 9.84. The molecule has 5 N–H and O–H groups in total. The maximum Gasteiger partial charge on any atom is 0.250 e. The van der Waals surface area contributed by atoms with E-state index >= 15 is 0 Å². The zero-order chi connectivity index (χ0) is 20.3. The quantitative estimate of drug-likeness (QED) is 0.392. The van der Waals surface area contributed by atoms with Crippen LogP contribution in [0.15, 0.2) is 36.5 Å². The number of aromatic hydroxyl groups is 3. The fourth-order valence-electron chi connectivity index (χ4n) is 3.53. The van der Waals surface area contributed by atoms with Crippen LogP contribution in [0.25, 0.3) is 5.69 Å². The third kappa shape index (κ3) is 2.14. The molecule has 0 atom stereocenters. The van der Waals surface area contributed by atoms with Gasteiger partial charge in [0.15, 0.2) is 23.1 Å². The molecule has 0 bridgehead atoms. The second-order valence-corrected chi connectivity index (χ2v) is 6.43. The average Bonchev–Trinajstić information content (AvgIpc) is 3.01. The summed E-state index contributed by atoms with van der Waals surface area (Å²) in [6.45, 7) is 1.59. The van der Waals surface area contributed by atoms with Crippen LogP contribution in [-0.4, -0.2) is 37.4 Å². The lowest BCUT2D eigenvalue weighted by Crippen LogP contribution is -2.20. The number of para-hydroxylation sites is 1. The summed E-state index contributed by atoms with van der Waals surface area (Å²) >= 11 is 0. The van der Waals surface area contributed by atoms with Crippen LogP contribution in [0.4, 0.5) is 0 Å². The number of fused-ring (bicyclic) bond motifs is 2. The van der Waals surface area contributed by atoms with Crippen molar-refractivity contribution >= 4 is 17.5 Å². The largest absolute Gasteiger partial charge is 0.504 e. The first-order valence-corrected chi connectivity index (χ1v) is 8.22. The zero-order valence-electron chi connectivity index (χ0n) is 14.6. The third-order valence-electron chi connectivity index (χ3n) is 4.88. The summed E-state index contributed by atoms with van der Waals surface area (Å²) in [5.74, 6) is -4.40. The van der Waals surface area contributed by atoms with E-state index in [9.17, 15) is 29.7 Å². The summed E-state index contributed by atoms with van der Waals surface area (Å²) in [6, 6.07) is 7.41. The smallest absolute Gasteiger partial charge is 0.250 e. The highest BCUT2D eigenvalue weighted by molar-refractivity contribution is 6.30. The molecule has 8 heteroatoms. The SMILES string of the molecule is Cc1c2c(cn1-c1ccccc1C(N)=O)C(=O)c1cc(O)c(O)c(O)c1C2=O. The van der Waals surface area contributed by atoms with Gasteiger partial charge in [0.25, 0.3) is 5.91 Å². The number of rotatable bonds is 2. The van der Waals surface area contributed by atoms with E-state index in [1.54, 1.807) is 25.1 Å². The Labute approximate surface area is 158 Å². The summed E-state index contributed by atoms with van der Waals surface area (Å²) in [7, 11) is 0. The van der Waals surface area contributed by atoms with Crippen molar-refractivity contribution in [2.24, 2.45) is 5.73 Å². The highest BCUT2D eigenvalue weighted by Gasteiger charge is 2.37. The summed E-state index contributed by atoms with van der Waals surface area (Å²) in [5, 5.41) is 29.6. The minimum atomic E-state index is -0.875. The summed E-state index contributed by atoms with van der Waals surface area (Å²) in [6.07, 6.45) is 1.41. The molecule has 1 aliphatic rings. The molecule has 4 rings (SSSR count). The molecule has 0 aliphatic heterocycles. The highest BCUT2D eigenvalue weighted by atomic mass is 16.3. The second kappa shape index (κ2) is 5.71. The Morgan fingerprint density at radius 3 is 2.32 bits per heavy atom. The predicted octanol–water partition coefficient (Wildman–Crippen LogP) is 1.78. The van der Waals surface area contributed by atoms with E-state index in [-0.39, 0.29) is 27.8 Å². The monoisotopic (exact) mass is 378 g/mol. The Kier molecular flexibility index (Phi) is 3.54. The van der Waals surface area contributed by atoms with Gasteiger partial charge in [-0.25, -0.2) is 0 Å². The van der Waals surface area contributed by atoms with Crippen molar-refractivity contribution in [1.82, 2.24) is 4.57 Å². The number of primary amides is 1.